The largest absolute Gasteiger partial charge is 0.324 e. The maximum atomic E-state index is 6.08. The zero-order valence-electron chi connectivity index (χ0n) is 9.79. The summed E-state index contributed by atoms with van der Waals surface area (Å²) < 4.78 is 0. The molecule has 0 aliphatic carbocycles. The monoisotopic (exact) mass is 224 g/mol. The first-order valence-electron chi connectivity index (χ1n) is 5.56. The van der Waals surface area contributed by atoms with E-state index in [0.717, 1.165) is 13.1 Å². The van der Waals surface area contributed by atoms with E-state index >= 15 is 0 Å². The molecule has 0 saturated heterocycles. The molecule has 0 amide bonds. The Kier molecular flexibility index (Phi) is 2.88. The molecule has 1 atom stereocenters. The van der Waals surface area contributed by atoms with Gasteiger partial charge in [0.15, 0.2) is 0 Å². The topological polar surface area (TPSA) is 29.3 Å². The van der Waals surface area contributed by atoms with Gasteiger partial charge < -0.3 is 5.73 Å². The van der Waals surface area contributed by atoms with E-state index in [1.165, 1.54) is 12.0 Å². The average molecular weight is 224 g/mol. The lowest BCUT2D eigenvalue weighted by Crippen LogP contribution is -2.47. The number of hydrogen-bond donors (Lipinski definition) is 1. The SMILES string of the molecule is CC1c2ccsc2CCN1CC(C)(C)N. The molecule has 2 nitrogen and oxygen atoms in total. The Balaban J connectivity index is 2.13. The summed E-state index contributed by atoms with van der Waals surface area (Å²) in [5.74, 6) is 0. The van der Waals surface area contributed by atoms with Gasteiger partial charge in [-0.3, -0.25) is 4.90 Å². The molecule has 0 saturated carbocycles. The Morgan fingerprint density at radius 3 is 3.00 bits per heavy atom. The van der Waals surface area contributed by atoms with Gasteiger partial charge in [0.05, 0.1) is 0 Å². The molecule has 0 bridgehead atoms. The predicted octanol–water partition coefficient (Wildman–Crippen LogP) is 2.40. The molecule has 0 fully saturated rings. The van der Waals surface area contributed by atoms with Crippen LogP contribution >= 0.6 is 11.3 Å². The number of thiophene rings is 1. The Morgan fingerprint density at radius 1 is 1.60 bits per heavy atom. The molecule has 1 aliphatic heterocycles. The van der Waals surface area contributed by atoms with Crippen LogP contribution in [-0.2, 0) is 6.42 Å². The first kappa shape index (κ1) is 11.1. The van der Waals surface area contributed by atoms with Gasteiger partial charge in [0.1, 0.15) is 0 Å². The zero-order valence-corrected chi connectivity index (χ0v) is 10.6. The van der Waals surface area contributed by atoms with E-state index in [0.29, 0.717) is 6.04 Å². The molecule has 2 rings (SSSR count). The normalized spacial score (nSPS) is 22.8. The highest BCUT2D eigenvalue weighted by molar-refractivity contribution is 7.10. The predicted molar refractivity (Wildman–Crippen MR) is 66.3 cm³/mol. The van der Waals surface area contributed by atoms with E-state index in [2.05, 4.69) is 37.1 Å². The molecule has 1 unspecified atom stereocenters. The van der Waals surface area contributed by atoms with E-state index < -0.39 is 0 Å². The standard InChI is InChI=1S/C12H20N2S/c1-9-10-5-7-15-11(10)4-6-14(9)8-12(2,3)13/h5,7,9H,4,6,8,13H2,1-3H3. The summed E-state index contributed by atoms with van der Waals surface area (Å²) in [7, 11) is 0. The third-order valence-corrected chi connectivity index (χ3v) is 4.01. The Bertz CT molecular complexity index is 338. The van der Waals surface area contributed by atoms with Crippen molar-refractivity contribution < 1.29 is 0 Å². The van der Waals surface area contributed by atoms with Gasteiger partial charge in [-0.2, -0.15) is 0 Å². The van der Waals surface area contributed by atoms with Gasteiger partial charge in [0, 0.05) is 29.5 Å². The molecular formula is C12H20N2S. The van der Waals surface area contributed by atoms with Crippen molar-refractivity contribution in [3.8, 4) is 0 Å². The molecule has 15 heavy (non-hydrogen) atoms. The molecule has 2 N–H and O–H groups in total. The van der Waals surface area contributed by atoms with Gasteiger partial charge in [0.25, 0.3) is 0 Å². The van der Waals surface area contributed by atoms with Crippen LogP contribution in [0.3, 0.4) is 0 Å². The highest BCUT2D eigenvalue weighted by Gasteiger charge is 2.27. The molecule has 0 aromatic carbocycles. The first-order valence-corrected chi connectivity index (χ1v) is 6.44. The van der Waals surface area contributed by atoms with E-state index in [-0.39, 0.29) is 5.54 Å². The Hall–Kier alpha value is -0.380. The second kappa shape index (κ2) is 3.89. The molecular weight excluding hydrogens is 204 g/mol. The van der Waals surface area contributed by atoms with Crippen LogP contribution in [-0.4, -0.2) is 23.5 Å². The van der Waals surface area contributed by atoms with E-state index in [1.807, 2.05) is 11.3 Å². The number of nitrogens with two attached hydrogens (primary N) is 1. The van der Waals surface area contributed by atoms with Gasteiger partial charge in [-0.1, -0.05) is 0 Å². The second-order valence-corrected chi connectivity index (χ2v) is 6.18. The molecule has 1 aromatic heterocycles. The van der Waals surface area contributed by atoms with Crippen molar-refractivity contribution in [3.05, 3.63) is 21.9 Å². The van der Waals surface area contributed by atoms with Gasteiger partial charge >= 0.3 is 0 Å². The second-order valence-electron chi connectivity index (χ2n) is 5.18. The van der Waals surface area contributed by atoms with Crippen molar-refractivity contribution >= 4 is 11.3 Å². The molecule has 84 valence electrons. The number of hydrogen-bond acceptors (Lipinski definition) is 3. The average Bonchev–Trinajstić information content (AvgIpc) is 2.56. The van der Waals surface area contributed by atoms with Crippen molar-refractivity contribution in [2.75, 3.05) is 13.1 Å². The summed E-state index contributed by atoms with van der Waals surface area (Å²) in [4.78, 5) is 4.06. The lowest BCUT2D eigenvalue weighted by molar-refractivity contribution is 0.165. The third-order valence-electron chi connectivity index (χ3n) is 3.01. The first-order chi connectivity index (χ1) is 6.97. The lowest BCUT2D eigenvalue weighted by Gasteiger charge is -2.37. The van der Waals surface area contributed by atoms with Crippen LogP contribution in [0.15, 0.2) is 11.4 Å². The fraction of sp³-hybridized carbons (Fsp3) is 0.667. The summed E-state index contributed by atoms with van der Waals surface area (Å²) in [6.07, 6.45) is 1.19. The maximum absolute atomic E-state index is 6.08. The molecule has 2 heterocycles. The van der Waals surface area contributed by atoms with Crippen molar-refractivity contribution in [2.24, 2.45) is 5.73 Å². The molecule has 3 heteroatoms. The molecule has 1 aliphatic rings. The van der Waals surface area contributed by atoms with E-state index in [9.17, 15) is 0 Å². The van der Waals surface area contributed by atoms with Gasteiger partial charge in [-0.25, -0.2) is 0 Å². The Labute approximate surface area is 96.1 Å². The van der Waals surface area contributed by atoms with Crippen LogP contribution in [0, 0.1) is 0 Å². The van der Waals surface area contributed by atoms with Crippen molar-refractivity contribution in [3.63, 3.8) is 0 Å². The summed E-state index contributed by atoms with van der Waals surface area (Å²) >= 11 is 1.89. The third kappa shape index (κ3) is 2.41. The van der Waals surface area contributed by atoms with Crippen molar-refractivity contribution in [2.45, 2.75) is 38.8 Å². The fourth-order valence-corrected chi connectivity index (χ4v) is 3.26. The summed E-state index contributed by atoms with van der Waals surface area (Å²) in [5, 5.41) is 2.21. The van der Waals surface area contributed by atoms with Crippen LogP contribution in [0.4, 0.5) is 0 Å². The molecule has 1 aromatic rings. The minimum atomic E-state index is -0.0955. The van der Waals surface area contributed by atoms with Gasteiger partial charge in [-0.05, 0) is 44.2 Å². The summed E-state index contributed by atoms with van der Waals surface area (Å²) in [5.41, 5.74) is 7.50. The van der Waals surface area contributed by atoms with Crippen molar-refractivity contribution in [1.29, 1.82) is 0 Å². The Morgan fingerprint density at radius 2 is 2.33 bits per heavy atom. The molecule has 0 radical (unpaired) electrons. The maximum Gasteiger partial charge on any atom is 0.0331 e. The van der Waals surface area contributed by atoms with Gasteiger partial charge in [0.2, 0.25) is 0 Å². The van der Waals surface area contributed by atoms with E-state index in [4.69, 9.17) is 5.73 Å². The van der Waals surface area contributed by atoms with E-state index in [1.54, 1.807) is 4.88 Å². The fourth-order valence-electron chi connectivity index (χ4n) is 2.30. The number of rotatable bonds is 2. The lowest BCUT2D eigenvalue weighted by atomic mass is 9.98. The molecule has 0 spiro atoms. The van der Waals surface area contributed by atoms with Crippen LogP contribution < -0.4 is 5.73 Å². The summed E-state index contributed by atoms with van der Waals surface area (Å²) in [6.45, 7) is 8.61. The van der Waals surface area contributed by atoms with Crippen LogP contribution in [0.1, 0.15) is 37.3 Å². The number of fused-ring (bicyclic) bond motifs is 1. The zero-order chi connectivity index (χ0) is 11.1. The van der Waals surface area contributed by atoms with Gasteiger partial charge in [-0.15, -0.1) is 11.3 Å². The van der Waals surface area contributed by atoms with Crippen molar-refractivity contribution in [1.82, 2.24) is 4.90 Å². The van der Waals surface area contributed by atoms with Crippen LogP contribution in [0.2, 0.25) is 0 Å². The number of nitrogens with zero attached hydrogens (tertiary/aromatic N) is 1. The highest BCUT2D eigenvalue weighted by Crippen LogP contribution is 2.33. The summed E-state index contributed by atoms with van der Waals surface area (Å²) in [6, 6.07) is 2.79. The van der Waals surface area contributed by atoms with Crippen LogP contribution in [0.5, 0.6) is 0 Å². The minimum absolute atomic E-state index is 0.0955. The minimum Gasteiger partial charge on any atom is -0.324 e. The highest BCUT2D eigenvalue weighted by atomic mass is 32.1. The smallest absolute Gasteiger partial charge is 0.0331 e. The quantitative estimate of drug-likeness (QED) is 0.836. The van der Waals surface area contributed by atoms with Crippen LogP contribution in [0.25, 0.3) is 0 Å².